The van der Waals surface area contributed by atoms with Gasteiger partial charge < -0.3 is 24.1 Å². The summed E-state index contributed by atoms with van der Waals surface area (Å²) in [7, 11) is 1.63. The third-order valence-corrected chi connectivity index (χ3v) is 7.23. The summed E-state index contributed by atoms with van der Waals surface area (Å²) >= 11 is 14.0. The van der Waals surface area contributed by atoms with Crippen LogP contribution in [0.25, 0.3) is 0 Å². The summed E-state index contributed by atoms with van der Waals surface area (Å²) in [6, 6.07) is 25.1. The predicted octanol–water partition coefficient (Wildman–Crippen LogP) is 6.68. The minimum Gasteiger partial charge on any atom is -0.490 e. The molecule has 0 radical (unpaired) electrons. The van der Waals surface area contributed by atoms with Gasteiger partial charge in [0, 0.05) is 23.9 Å². The van der Waals surface area contributed by atoms with Crippen LogP contribution in [-0.4, -0.2) is 30.4 Å². The smallest absolute Gasteiger partial charge is 0.174 e. The quantitative estimate of drug-likeness (QED) is 0.187. The van der Waals surface area contributed by atoms with Gasteiger partial charge in [0.25, 0.3) is 0 Å². The summed E-state index contributed by atoms with van der Waals surface area (Å²) in [5.74, 6) is 1.36. The van der Waals surface area contributed by atoms with Gasteiger partial charge in [0.2, 0.25) is 0 Å². The van der Waals surface area contributed by atoms with Gasteiger partial charge in [-0.05, 0) is 66.8 Å². The lowest BCUT2D eigenvalue weighted by molar-refractivity contribution is 0.146. The van der Waals surface area contributed by atoms with E-state index in [0.717, 1.165) is 27.1 Å². The number of anilines is 1. The number of nitrogens with zero attached hydrogens (tertiary/aromatic N) is 2. The van der Waals surface area contributed by atoms with Crippen molar-refractivity contribution in [2.24, 2.45) is 0 Å². The van der Waals surface area contributed by atoms with Crippen LogP contribution in [0.1, 0.15) is 23.5 Å². The Labute approximate surface area is 224 Å². The number of nitrogens with one attached hydrogen (secondary N) is 1. The van der Waals surface area contributed by atoms with Crippen molar-refractivity contribution in [3.8, 4) is 5.75 Å². The molecule has 9 heteroatoms. The van der Waals surface area contributed by atoms with Gasteiger partial charge in [-0.15, -0.1) is 0 Å². The van der Waals surface area contributed by atoms with Crippen molar-refractivity contribution in [2.75, 3.05) is 25.2 Å². The molecule has 1 aliphatic heterocycles. The number of thiocarbonyl (C=S) groups is 1. The summed E-state index contributed by atoms with van der Waals surface area (Å²) < 4.78 is 17.2. The molecule has 0 saturated carbocycles. The predicted molar refractivity (Wildman–Crippen MR) is 146 cm³/mol. The second kappa shape index (κ2) is 11.3. The Morgan fingerprint density at radius 3 is 2.64 bits per heavy atom. The van der Waals surface area contributed by atoms with Crippen molar-refractivity contribution in [2.45, 2.75) is 22.1 Å². The first-order valence-corrected chi connectivity index (χ1v) is 13.0. The molecule has 0 spiro atoms. The highest BCUT2D eigenvalue weighted by atomic mass is 35.5. The highest BCUT2D eigenvalue weighted by Crippen LogP contribution is 2.44. The normalized spacial score (nSPS) is 17.3. The fourth-order valence-electron chi connectivity index (χ4n) is 4.07. The Kier molecular flexibility index (Phi) is 7.77. The molecule has 2 atom stereocenters. The van der Waals surface area contributed by atoms with E-state index in [1.54, 1.807) is 25.1 Å². The van der Waals surface area contributed by atoms with Gasteiger partial charge in [0.15, 0.2) is 10.2 Å². The first kappa shape index (κ1) is 24.6. The SMILES string of the molecule is COCCOc1ccc(N2C(=S)N[C@@H](c3ccccn3)[C@@H]2c2ccc(Sc3ccccc3)o2)cc1Cl. The first-order chi connectivity index (χ1) is 17.6. The van der Waals surface area contributed by atoms with Gasteiger partial charge in [-0.3, -0.25) is 4.98 Å². The molecule has 2 aromatic carbocycles. The standard InChI is InChI=1S/C27H24ClN3O3S2/c1-32-15-16-33-22-11-10-18(17-20(22)28)31-26(25(30-27(31)35)21-9-5-6-14-29-21)23-12-13-24(34-23)36-19-7-3-2-4-8-19/h2-14,17,25-26H,15-16H2,1H3,(H,30,35)/t25-,26-/m0/s1. The Hall–Kier alpha value is -3.04. The number of hydrogen-bond acceptors (Lipinski definition) is 6. The van der Waals surface area contributed by atoms with E-state index in [0.29, 0.717) is 29.1 Å². The lowest BCUT2D eigenvalue weighted by Crippen LogP contribution is -2.29. The molecular weight excluding hydrogens is 514 g/mol. The van der Waals surface area contributed by atoms with E-state index in [-0.39, 0.29) is 12.1 Å². The van der Waals surface area contributed by atoms with Crippen LogP contribution in [0.2, 0.25) is 5.02 Å². The summed E-state index contributed by atoms with van der Waals surface area (Å²) in [5.41, 5.74) is 1.69. The molecule has 4 aromatic rings. The van der Waals surface area contributed by atoms with Crippen LogP contribution in [0.4, 0.5) is 5.69 Å². The van der Waals surface area contributed by atoms with Gasteiger partial charge in [-0.1, -0.05) is 47.6 Å². The number of methoxy groups -OCH3 is 1. The monoisotopic (exact) mass is 537 g/mol. The van der Waals surface area contributed by atoms with Gasteiger partial charge in [0.1, 0.15) is 24.2 Å². The lowest BCUT2D eigenvalue weighted by Gasteiger charge is -2.26. The Morgan fingerprint density at radius 1 is 1.06 bits per heavy atom. The van der Waals surface area contributed by atoms with E-state index in [1.807, 2.05) is 71.6 Å². The number of hydrogen-bond donors (Lipinski definition) is 1. The van der Waals surface area contributed by atoms with Crippen molar-refractivity contribution in [3.63, 3.8) is 0 Å². The van der Waals surface area contributed by atoms with Crippen molar-refractivity contribution in [1.82, 2.24) is 10.3 Å². The van der Waals surface area contributed by atoms with Gasteiger partial charge in [-0.2, -0.15) is 0 Å². The molecule has 1 aliphatic rings. The molecule has 3 heterocycles. The van der Waals surface area contributed by atoms with E-state index >= 15 is 0 Å². The molecule has 1 fully saturated rings. The zero-order chi connectivity index (χ0) is 24.9. The van der Waals surface area contributed by atoms with Gasteiger partial charge in [-0.25, -0.2) is 0 Å². The van der Waals surface area contributed by atoms with Crippen LogP contribution in [0.15, 0.2) is 99.5 Å². The van der Waals surface area contributed by atoms with Crippen LogP contribution in [0.3, 0.4) is 0 Å². The molecule has 0 aliphatic carbocycles. The zero-order valence-corrected chi connectivity index (χ0v) is 21.9. The highest BCUT2D eigenvalue weighted by Gasteiger charge is 2.42. The van der Waals surface area contributed by atoms with E-state index in [2.05, 4.69) is 22.4 Å². The molecule has 2 aromatic heterocycles. The number of furan rings is 1. The van der Waals surface area contributed by atoms with Gasteiger partial charge >= 0.3 is 0 Å². The molecule has 0 unspecified atom stereocenters. The molecule has 36 heavy (non-hydrogen) atoms. The lowest BCUT2D eigenvalue weighted by atomic mass is 10.0. The third-order valence-electron chi connectivity index (χ3n) is 5.69. The van der Waals surface area contributed by atoms with E-state index in [9.17, 15) is 0 Å². The van der Waals surface area contributed by atoms with Crippen LogP contribution in [-0.2, 0) is 4.74 Å². The maximum Gasteiger partial charge on any atom is 0.174 e. The number of aromatic nitrogens is 1. The Morgan fingerprint density at radius 2 is 1.89 bits per heavy atom. The molecule has 0 amide bonds. The van der Waals surface area contributed by atoms with Crippen molar-refractivity contribution < 1.29 is 13.9 Å². The number of rotatable bonds is 9. The fourth-order valence-corrected chi connectivity index (χ4v) is 5.44. The average molecular weight is 538 g/mol. The second-order valence-electron chi connectivity index (χ2n) is 8.02. The molecule has 5 rings (SSSR count). The molecule has 184 valence electrons. The minimum atomic E-state index is -0.270. The fraction of sp³-hybridized carbons (Fsp3) is 0.185. The highest BCUT2D eigenvalue weighted by molar-refractivity contribution is 7.99. The first-order valence-electron chi connectivity index (χ1n) is 11.4. The minimum absolute atomic E-state index is 0.212. The summed E-state index contributed by atoms with van der Waals surface area (Å²) in [6.45, 7) is 0.895. The number of halogens is 1. The molecule has 1 N–H and O–H groups in total. The van der Waals surface area contributed by atoms with Crippen molar-refractivity contribution in [3.05, 3.63) is 102 Å². The third kappa shape index (κ3) is 5.37. The largest absolute Gasteiger partial charge is 0.490 e. The van der Waals surface area contributed by atoms with E-state index in [1.165, 1.54) is 0 Å². The van der Waals surface area contributed by atoms with Crippen molar-refractivity contribution in [1.29, 1.82) is 0 Å². The Bertz CT molecular complexity index is 1320. The molecule has 6 nitrogen and oxygen atoms in total. The second-order valence-corrected chi connectivity index (χ2v) is 9.90. The van der Waals surface area contributed by atoms with E-state index < -0.39 is 0 Å². The number of benzene rings is 2. The van der Waals surface area contributed by atoms with Gasteiger partial charge in [0.05, 0.1) is 23.4 Å². The van der Waals surface area contributed by atoms with Crippen LogP contribution in [0, 0.1) is 0 Å². The summed E-state index contributed by atoms with van der Waals surface area (Å²) in [6.07, 6.45) is 1.78. The summed E-state index contributed by atoms with van der Waals surface area (Å²) in [4.78, 5) is 7.72. The average Bonchev–Trinajstić information content (AvgIpc) is 3.50. The Balaban J connectivity index is 1.49. The van der Waals surface area contributed by atoms with E-state index in [4.69, 9.17) is 37.7 Å². The zero-order valence-electron chi connectivity index (χ0n) is 19.5. The number of pyridine rings is 1. The van der Waals surface area contributed by atoms with Crippen LogP contribution < -0.4 is 15.0 Å². The molecule has 1 saturated heterocycles. The van der Waals surface area contributed by atoms with Crippen molar-refractivity contribution >= 4 is 46.4 Å². The van der Waals surface area contributed by atoms with Crippen LogP contribution in [0.5, 0.6) is 5.75 Å². The molecule has 0 bridgehead atoms. The summed E-state index contributed by atoms with van der Waals surface area (Å²) in [5, 5.41) is 5.29. The number of ether oxygens (including phenoxy) is 2. The molecular formula is C27H24ClN3O3S2. The van der Waals surface area contributed by atoms with Crippen LogP contribution >= 0.6 is 35.6 Å². The maximum atomic E-state index is 6.58. The topological polar surface area (TPSA) is 59.8 Å². The maximum absolute atomic E-state index is 6.58.